The van der Waals surface area contributed by atoms with E-state index >= 15 is 0 Å². The maximum Gasteiger partial charge on any atom is 0.0518 e. The molecule has 1 heterocycles. The first-order valence-electron chi connectivity index (χ1n) is 8.21. The Morgan fingerprint density at radius 2 is 1.95 bits per heavy atom. The molecule has 0 aromatic heterocycles. The summed E-state index contributed by atoms with van der Waals surface area (Å²) < 4.78 is 5.61. The van der Waals surface area contributed by atoms with Gasteiger partial charge in [-0.1, -0.05) is 13.8 Å². The van der Waals surface area contributed by atoms with Crippen molar-refractivity contribution in [2.45, 2.75) is 71.4 Å². The van der Waals surface area contributed by atoms with Crippen LogP contribution >= 0.6 is 0 Å². The van der Waals surface area contributed by atoms with E-state index in [2.05, 4.69) is 37.9 Å². The van der Waals surface area contributed by atoms with Crippen molar-refractivity contribution >= 4 is 0 Å². The lowest BCUT2D eigenvalue weighted by Crippen LogP contribution is -2.50. The zero-order chi connectivity index (χ0) is 14.1. The van der Waals surface area contributed by atoms with Crippen molar-refractivity contribution in [1.82, 2.24) is 10.2 Å². The Kier molecular flexibility index (Phi) is 7.96. The third-order valence-electron chi connectivity index (χ3n) is 4.35. The first-order chi connectivity index (χ1) is 9.12. The lowest BCUT2D eigenvalue weighted by molar-refractivity contribution is 0.0736. The van der Waals surface area contributed by atoms with Crippen LogP contribution in [0.1, 0.15) is 59.8 Å². The molecule has 0 aliphatic carbocycles. The molecule has 1 N–H and O–H groups in total. The highest BCUT2D eigenvalue weighted by Crippen LogP contribution is 2.19. The molecular weight excluding hydrogens is 236 g/mol. The van der Waals surface area contributed by atoms with Gasteiger partial charge in [0.25, 0.3) is 0 Å². The van der Waals surface area contributed by atoms with Crippen LogP contribution in [0.5, 0.6) is 0 Å². The van der Waals surface area contributed by atoms with Crippen LogP contribution in [0.15, 0.2) is 0 Å². The molecule has 114 valence electrons. The molecule has 0 amide bonds. The second-order valence-electron chi connectivity index (χ2n) is 6.17. The molecule has 0 aromatic rings. The smallest absolute Gasteiger partial charge is 0.0518 e. The van der Waals surface area contributed by atoms with Gasteiger partial charge in [0.2, 0.25) is 0 Å². The fourth-order valence-electron chi connectivity index (χ4n) is 2.89. The zero-order valence-electron chi connectivity index (χ0n) is 13.5. The number of unbranched alkanes of at least 4 members (excludes halogenated alkanes) is 1. The van der Waals surface area contributed by atoms with E-state index in [-0.39, 0.29) is 0 Å². The van der Waals surface area contributed by atoms with E-state index in [0.29, 0.717) is 11.6 Å². The Hall–Kier alpha value is -0.120. The molecule has 0 bridgehead atoms. The van der Waals surface area contributed by atoms with Crippen molar-refractivity contribution in [3.05, 3.63) is 0 Å². The van der Waals surface area contributed by atoms with Crippen molar-refractivity contribution in [2.24, 2.45) is 0 Å². The number of nitrogens with zero attached hydrogens (tertiary/aromatic N) is 1. The topological polar surface area (TPSA) is 24.5 Å². The van der Waals surface area contributed by atoms with Gasteiger partial charge in [0.05, 0.1) is 6.10 Å². The van der Waals surface area contributed by atoms with Crippen LogP contribution in [0.25, 0.3) is 0 Å². The molecule has 1 fully saturated rings. The van der Waals surface area contributed by atoms with Crippen LogP contribution in [-0.4, -0.2) is 49.3 Å². The van der Waals surface area contributed by atoms with E-state index in [1.807, 2.05) is 0 Å². The minimum atomic E-state index is 0.352. The van der Waals surface area contributed by atoms with E-state index < -0.39 is 0 Å². The second kappa shape index (κ2) is 8.93. The Labute approximate surface area is 120 Å². The molecule has 1 saturated heterocycles. The van der Waals surface area contributed by atoms with Gasteiger partial charge in [-0.2, -0.15) is 0 Å². The normalized spacial score (nSPS) is 20.7. The van der Waals surface area contributed by atoms with Gasteiger partial charge in [0, 0.05) is 18.7 Å². The second-order valence-corrected chi connectivity index (χ2v) is 6.17. The van der Waals surface area contributed by atoms with Gasteiger partial charge in [-0.25, -0.2) is 0 Å². The monoisotopic (exact) mass is 270 g/mol. The first kappa shape index (κ1) is 16.9. The van der Waals surface area contributed by atoms with Crippen LogP contribution in [0.3, 0.4) is 0 Å². The van der Waals surface area contributed by atoms with Crippen LogP contribution in [0.4, 0.5) is 0 Å². The average Bonchev–Trinajstić information content (AvgIpc) is 2.61. The highest BCUT2D eigenvalue weighted by atomic mass is 16.5. The Morgan fingerprint density at radius 1 is 1.21 bits per heavy atom. The zero-order valence-corrected chi connectivity index (χ0v) is 13.5. The van der Waals surface area contributed by atoms with Crippen LogP contribution in [0.2, 0.25) is 0 Å². The number of rotatable bonds is 8. The van der Waals surface area contributed by atoms with Crippen LogP contribution in [-0.2, 0) is 4.74 Å². The molecule has 19 heavy (non-hydrogen) atoms. The standard InChI is InChI=1S/C16H34N2O/c1-5-16(6-2)14-18(12-9-10-17-16)11-7-8-13-19-15(3)4/h15,17H,5-14H2,1-4H3. The fraction of sp³-hybridized carbons (Fsp3) is 1.00. The van der Waals surface area contributed by atoms with Gasteiger partial charge in [0.15, 0.2) is 0 Å². The first-order valence-corrected chi connectivity index (χ1v) is 8.21. The molecule has 3 nitrogen and oxygen atoms in total. The average molecular weight is 270 g/mol. The quantitative estimate of drug-likeness (QED) is 0.686. The van der Waals surface area contributed by atoms with E-state index in [4.69, 9.17) is 4.74 Å². The molecule has 0 aromatic carbocycles. The van der Waals surface area contributed by atoms with Gasteiger partial charge in [0.1, 0.15) is 0 Å². The summed E-state index contributed by atoms with van der Waals surface area (Å²) in [6, 6.07) is 0. The van der Waals surface area contributed by atoms with E-state index in [0.717, 1.165) is 6.61 Å². The number of ether oxygens (including phenoxy) is 1. The number of hydrogen-bond donors (Lipinski definition) is 1. The predicted molar refractivity (Wildman–Crippen MR) is 82.7 cm³/mol. The Morgan fingerprint density at radius 3 is 2.58 bits per heavy atom. The molecule has 0 atom stereocenters. The molecule has 0 unspecified atom stereocenters. The SMILES string of the molecule is CCC1(CC)CN(CCCCOC(C)C)CCCN1. The van der Waals surface area contributed by atoms with Crippen molar-refractivity contribution in [3.8, 4) is 0 Å². The number of hydrogen-bond acceptors (Lipinski definition) is 3. The summed E-state index contributed by atoms with van der Waals surface area (Å²) in [6.07, 6.45) is 6.57. The van der Waals surface area contributed by atoms with Gasteiger partial charge < -0.3 is 15.0 Å². The maximum absolute atomic E-state index is 5.61. The molecule has 1 aliphatic rings. The summed E-state index contributed by atoms with van der Waals surface area (Å²) in [4.78, 5) is 2.66. The van der Waals surface area contributed by atoms with Crippen LogP contribution in [0, 0.1) is 0 Å². The maximum atomic E-state index is 5.61. The molecule has 0 spiro atoms. The summed E-state index contributed by atoms with van der Waals surface area (Å²) in [5, 5.41) is 3.77. The third kappa shape index (κ3) is 6.24. The third-order valence-corrected chi connectivity index (χ3v) is 4.35. The summed E-state index contributed by atoms with van der Waals surface area (Å²) in [5.41, 5.74) is 0.352. The van der Waals surface area contributed by atoms with E-state index in [1.54, 1.807) is 0 Å². The van der Waals surface area contributed by atoms with Gasteiger partial charge in [-0.05, 0) is 65.6 Å². The minimum absolute atomic E-state index is 0.352. The van der Waals surface area contributed by atoms with E-state index in [1.165, 1.54) is 58.3 Å². The summed E-state index contributed by atoms with van der Waals surface area (Å²) in [7, 11) is 0. The molecule has 0 radical (unpaired) electrons. The highest BCUT2D eigenvalue weighted by molar-refractivity contribution is 4.90. The van der Waals surface area contributed by atoms with Crippen molar-refractivity contribution in [2.75, 3.05) is 32.8 Å². The Balaban J connectivity index is 2.28. The molecule has 1 rings (SSSR count). The lowest BCUT2D eigenvalue weighted by Gasteiger charge is -2.35. The summed E-state index contributed by atoms with van der Waals surface area (Å²) in [6.45, 7) is 14.6. The molecule has 3 heteroatoms. The highest BCUT2D eigenvalue weighted by Gasteiger charge is 2.29. The lowest BCUT2D eigenvalue weighted by atomic mass is 9.92. The number of nitrogens with one attached hydrogen (secondary N) is 1. The minimum Gasteiger partial charge on any atom is -0.379 e. The van der Waals surface area contributed by atoms with Crippen molar-refractivity contribution in [3.63, 3.8) is 0 Å². The Bertz CT molecular complexity index is 227. The van der Waals surface area contributed by atoms with Gasteiger partial charge in [-0.3, -0.25) is 0 Å². The largest absolute Gasteiger partial charge is 0.379 e. The van der Waals surface area contributed by atoms with Crippen molar-refractivity contribution < 1.29 is 4.74 Å². The van der Waals surface area contributed by atoms with Gasteiger partial charge in [-0.15, -0.1) is 0 Å². The molecule has 1 aliphatic heterocycles. The van der Waals surface area contributed by atoms with Gasteiger partial charge >= 0.3 is 0 Å². The molecule has 0 saturated carbocycles. The summed E-state index contributed by atoms with van der Waals surface area (Å²) >= 11 is 0. The molecular formula is C16H34N2O. The predicted octanol–water partition coefficient (Wildman–Crippen LogP) is 3.05. The van der Waals surface area contributed by atoms with Crippen molar-refractivity contribution in [1.29, 1.82) is 0 Å². The fourth-order valence-corrected chi connectivity index (χ4v) is 2.89. The van der Waals surface area contributed by atoms with Crippen LogP contribution < -0.4 is 5.32 Å². The summed E-state index contributed by atoms with van der Waals surface area (Å²) in [5.74, 6) is 0. The van der Waals surface area contributed by atoms with E-state index in [9.17, 15) is 0 Å².